The van der Waals surface area contributed by atoms with Crippen molar-refractivity contribution in [1.29, 1.82) is 0 Å². The van der Waals surface area contributed by atoms with Crippen LogP contribution in [-0.2, 0) is 0 Å². The van der Waals surface area contributed by atoms with Crippen molar-refractivity contribution in [2.45, 2.75) is 0 Å². The van der Waals surface area contributed by atoms with E-state index in [9.17, 15) is 4.79 Å². The zero-order chi connectivity index (χ0) is 21.3. The lowest BCUT2D eigenvalue weighted by Gasteiger charge is -2.12. The largest absolute Gasteiger partial charge is 0.288 e. The van der Waals surface area contributed by atoms with E-state index in [1.165, 1.54) is 0 Å². The number of halogens is 4. The van der Waals surface area contributed by atoms with Crippen LogP contribution < -0.4 is 0 Å². The number of ketones is 1. The third kappa shape index (κ3) is 4.12. The Labute approximate surface area is 194 Å². The summed E-state index contributed by atoms with van der Waals surface area (Å²) in [5, 5.41) is 2.01. The molecule has 0 spiro atoms. The van der Waals surface area contributed by atoms with E-state index in [-0.39, 0.29) is 5.78 Å². The Balaban J connectivity index is 1.77. The van der Waals surface area contributed by atoms with Gasteiger partial charge in [-0.05, 0) is 47.5 Å². The molecule has 0 fully saturated rings. The molecule has 0 atom stereocenters. The third-order valence-electron chi connectivity index (χ3n) is 4.80. The van der Waals surface area contributed by atoms with Gasteiger partial charge >= 0.3 is 0 Å². The van der Waals surface area contributed by atoms with Gasteiger partial charge in [-0.25, -0.2) is 0 Å². The molecule has 0 N–H and O–H groups in total. The van der Waals surface area contributed by atoms with Crippen LogP contribution in [0.5, 0.6) is 0 Å². The number of hydrogen-bond acceptors (Lipinski definition) is 1. The van der Waals surface area contributed by atoms with Crippen molar-refractivity contribution in [1.82, 2.24) is 0 Å². The van der Waals surface area contributed by atoms with Crippen LogP contribution in [0.1, 0.15) is 15.9 Å². The second kappa shape index (κ2) is 8.83. The maximum atomic E-state index is 13.4. The van der Waals surface area contributed by atoms with Crippen LogP contribution in [0.25, 0.3) is 22.3 Å². The molecule has 4 aromatic rings. The summed E-state index contributed by atoms with van der Waals surface area (Å²) in [6, 6.07) is 25.4. The number of hydrogen-bond donors (Lipinski definition) is 0. The average molecular weight is 472 g/mol. The highest BCUT2D eigenvalue weighted by molar-refractivity contribution is 6.40. The molecule has 0 heterocycles. The zero-order valence-corrected chi connectivity index (χ0v) is 18.5. The molecular formula is C25H14Cl4O. The topological polar surface area (TPSA) is 17.1 Å². The highest BCUT2D eigenvalue weighted by Gasteiger charge is 2.20. The minimum Gasteiger partial charge on any atom is -0.288 e. The first-order valence-corrected chi connectivity index (χ1v) is 10.6. The minimum atomic E-state index is -0.239. The van der Waals surface area contributed by atoms with Crippen LogP contribution in [-0.4, -0.2) is 5.78 Å². The second-order valence-corrected chi connectivity index (χ2v) is 8.31. The normalized spacial score (nSPS) is 10.8. The van der Waals surface area contributed by atoms with E-state index >= 15 is 0 Å². The molecule has 0 aliphatic heterocycles. The summed E-state index contributed by atoms with van der Waals surface area (Å²) in [7, 11) is 0. The fourth-order valence-corrected chi connectivity index (χ4v) is 4.16. The van der Waals surface area contributed by atoms with E-state index in [0.717, 1.165) is 22.3 Å². The standard InChI is InChI=1S/C25H14Cl4O/c26-17-11-7-15(8-12-17)19-3-1-5-21(23(19)28)25(30)22-6-2-4-20(24(22)29)16-9-13-18(27)14-10-16/h1-14H. The third-order valence-corrected chi connectivity index (χ3v) is 6.12. The molecule has 0 amide bonds. The molecule has 0 saturated heterocycles. The molecule has 0 bridgehead atoms. The molecule has 30 heavy (non-hydrogen) atoms. The maximum Gasteiger partial charge on any atom is 0.196 e. The molecule has 0 aliphatic carbocycles. The number of carbonyl (C=O) groups is 1. The van der Waals surface area contributed by atoms with Crippen LogP contribution in [0.4, 0.5) is 0 Å². The Hall–Kier alpha value is -2.29. The van der Waals surface area contributed by atoms with Gasteiger partial charge in [-0.2, -0.15) is 0 Å². The molecular weight excluding hydrogens is 458 g/mol. The SMILES string of the molecule is O=C(c1cccc(-c2ccc(Cl)cc2)c1Cl)c1cccc(-c2ccc(Cl)cc2)c1Cl. The molecule has 0 unspecified atom stereocenters. The molecule has 0 saturated carbocycles. The van der Waals surface area contributed by atoms with Gasteiger partial charge in [-0.3, -0.25) is 4.79 Å². The Morgan fingerprint density at radius 1 is 0.500 bits per heavy atom. The summed E-state index contributed by atoms with van der Waals surface area (Å²) in [6.07, 6.45) is 0. The predicted octanol–water partition coefficient (Wildman–Crippen LogP) is 8.87. The Morgan fingerprint density at radius 3 is 1.23 bits per heavy atom. The van der Waals surface area contributed by atoms with Crippen molar-refractivity contribution in [2.24, 2.45) is 0 Å². The predicted molar refractivity (Wildman–Crippen MR) is 127 cm³/mol. The average Bonchev–Trinajstić information content (AvgIpc) is 2.75. The zero-order valence-electron chi connectivity index (χ0n) is 15.5. The summed E-state index contributed by atoms with van der Waals surface area (Å²) in [6.45, 7) is 0. The molecule has 0 aliphatic rings. The first-order valence-electron chi connectivity index (χ1n) is 9.09. The quantitative estimate of drug-likeness (QED) is 0.271. The lowest BCUT2D eigenvalue weighted by atomic mass is 9.95. The van der Waals surface area contributed by atoms with Gasteiger partial charge in [-0.1, -0.05) is 94.9 Å². The van der Waals surface area contributed by atoms with Crippen LogP contribution in [0.3, 0.4) is 0 Å². The monoisotopic (exact) mass is 470 g/mol. The summed E-state index contributed by atoms with van der Waals surface area (Å²) in [4.78, 5) is 13.4. The van der Waals surface area contributed by atoms with Gasteiger partial charge < -0.3 is 0 Å². The summed E-state index contributed by atoms with van der Waals surface area (Å²) in [5.74, 6) is -0.239. The van der Waals surface area contributed by atoms with Gasteiger partial charge in [0.25, 0.3) is 0 Å². The van der Waals surface area contributed by atoms with E-state index < -0.39 is 0 Å². The number of benzene rings is 4. The molecule has 4 rings (SSSR count). The van der Waals surface area contributed by atoms with Crippen molar-refractivity contribution < 1.29 is 4.79 Å². The highest BCUT2D eigenvalue weighted by Crippen LogP contribution is 2.36. The Bertz CT molecular complexity index is 1130. The van der Waals surface area contributed by atoms with Gasteiger partial charge in [0.15, 0.2) is 5.78 Å². The fourth-order valence-electron chi connectivity index (χ4n) is 3.26. The van der Waals surface area contributed by atoms with Gasteiger partial charge in [0.2, 0.25) is 0 Å². The summed E-state index contributed by atoms with van der Waals surface area (Å²) < 4.78 is 0. The molecule has 148 valence electrons. The number of carbonyl (C=O) groups excluding carboxylic acids is 1. The second-order valence-electron chi connectivity index (χ2n) is 6.68. The van der Waals surface area contributed by atoms with Gasteiger partial charge in [-0.15, -0.1) is 0 Å². The van der Waals surface area contributed by atoms with Gasteiger partial charge in [0.05, 0.1) is 10.0 Å². The van der Waals surface area contributed by atoms with E-state index in [0.29, 0.717) is 31.2 Å². The first kappa shape index (κ1) is 21.0. The molecule has 0 aromatic heterocycles. The fraction of sp³-hybridized carbons (Fsp3) is 0. The summed E-state index contributed by atoms with van der Waals surface area (Å²) >= 11 is 25.3. The summed E-state index contributed by atoms with van der Waals surface area (Å²) in [5.41, 5.74) is 4.03. The Kier molecular flexibility index (Phi) is 6.17. The lowest BCUT2D eigenvalue weighted by Crippen LogP contribution is -2.04. The smallest absolute Gasteiger partial charge is 0.196 e. The van der Waals surface area contributed by atoms with Crippen LogP contribution in [0.15, 0.2) is 84.9 Å². The van der Waals surface area contributed by atoms with Crippen LogP contribution in [0, 0.1) is 0 Å². The van der Waals surface area contributed by atoms with Crippen molar-refractivity contribution in [3.63, 3.8) is 0 Å². The molecule has 4 aromatic carbocycles. The van der Waals surface area contributed by atoms with Crippen molar-refractivity contribution in [3.05, 3.63) is 116 Å². The van der Waals surface area contributed by atoms with Crippen molar-refractivity contribution >= 4 is 52.2 Å². The highest BCUT2D eigenvalue weighted by atomic mass is 35.5. The number of rotatable bonds is 4. The van der Waals surface area contributed by atoms with E-state index in [4.69, 9.17) is 46.4 Å². The van der Waals surface area contributed by atoms with Crippen LogP contribution >= 0.6 is 46.4 Å². The lowest BCUT2D eigenvalue weighted by molar-refractivity contribution is 0.103. The Morgan fingerprint density at radius 2 is 0.867 bits per heavy atom. The van der Waals surface area contributed by atoms with E-state index in [1.807, 2.05) is 36.4 Å². The van der Waals surface area contributed by atoms with E-state index in [2.05, 4.69) is 0 Å². The molecule has 0 radical (unpaired) electrons. The van der Waals surface area contributed by atoms with Gasteiger partial charge in [0.1, 0.15) is 0 Å². The maximum absolute atomic E-state index is 13.4. The van der Waals surface area contributed by atoms with Crippen molar-refractivity contribution in [3.8, 4) is 22.3 Å². The molecule has 1 nitrogen and oxygen atoms in total. The minimum absolute atomic E-state index is 0.239. The van der Waals surface area contributed by atoms with E-state index in [1.54, 1.807) is 48.5 Å². The molecule has 5 heteroatoms. The van der Waals surface area contributed by atoms with Crippen molar-refractivity contribution in [2.75, 3.05) is 0 Å². The van der Waals surface area contributed by atoms with Crippen LogP contribution in [0.2, 0.25) is 20.1 Å². The van der Waals surface area contributed by atoms with Gasteiger partial charge in [0, 0.05) is 32.3 Å². The first-order chi connectivity index (χ1) is 14.5.